The lowest BCUT2D eigenvalue weighted by atomic mass is 10.2. The van der Waals surface area contributed by atoms with E-state index in [4.69, 9.17) is 9.47 Å². The molecule has 0 aromatic heterocycles. The van der Waals surface area contributed by atoms with Crippen LogP contribution in [0.1, 0.15) is 15.7 Å². The van der Waals surface area contributed by atoms with Crippen LogP contribution in [0, 0.1) is 6.92 Å². The minimum Gasteiger partial charge on any atom is -0.490 e. The molecule has 3 rings (SSSR count). The van der Waals surface area contributed by atoms with E-state index in [1.807, 2.05) is 47.8 Å². The third-order valence-electron chi connectivity index (χ3n) is 3.42. The van der Waals surface area contributed by atoms with E-state index in [1.165, 1.54) is 22.6 Å². The Morgan fingerprint density at radius 2 is 1.32 bits per heavy atom. The minimum atomic E-state index is 0.555. The number of aryl methyl sites for hydroxylation is 1. The van der Waals surface area contributed by atoms with E-state index in [0.717, 1.165) is 11.5 Å². The summed E-state index contributed by atoms with van der Waals surface area (Å²) >= 11 is 4.05. The van der Waals surface area contributed by atoms with Crippen LogP contribution in [0.2, 0.25) is 0 Å². The quantitative estimate of drug-likeness (QED) is 0.698. The number of thioether (sulfide) groups is 2. The topological polar surface area (TPSA) is 18.5 Å². The molecule has 0 radical (unpaired) electrons. The third-order valence-corrected chi connectivity index (χ3v) is 6.52. The molecule has 0 N–H and O–H groups in total. The fraction of sp³-hybridized carbons (Fsp3) is 0.333. The highest BCUT2D eigenvalue weighted by molar-refractivity contribution is 8.19. The van der Waals surface area contributed by atoms with Gasteiger partial charge in [-0.1, -0.05) is 29.8 Å². The maximum atomic E-state index is 5.73. The molecule has 22 heavy (non-hydrogen) atoms. The molecule has 0 amide bonds. The van der Waals surface area contributed by atoms with Crippen LogP contribution in [-0.2, 0) is 0 Å². The van der Waals surface area contributed by atoms with Gasteiger partial charge in [0.2, 0.25) is 0 Å². The lowest BCUT2D eigenvalue weighted by Gasteiger charge is -2.11. The van der Waals surface area contributed by atoms with Crippen molar-refractivity contribution in [2.75, 3.05) is 24.7 Å². The van der Waals surface area contributed by atoms with Gasteiger partial charge in [-0.15, -0.1) is 23.5 Å². The molecule has 0 aliphatic carbocycles. The normalized spacial score (nSPS) is 15.0. The highest BCUT2D eigenvalue weighted by Gasteiger charge is 2.17. The van der Waals surface area contributed by atoms with E-state index < -0.39 is 0 Å². The standard InChI is InChI=1S/C18H20O2S2/c1-14-2-6-16(7-3-14)19-10-11-20-17-8-4-15(5-9-17)18-21-12-13-22-18/h2-9,18H,10-13H2,1H3. The van der Waals surface area contributed by atoms with Crippen molar-refractivity contribution in [1.29, 1.82) is 0 Å². The summed E-state index contributed by atoms with van der Waals surface area (Å²) in [7, 11) is 0. The fourth-order valence-corrected chi connectivity index (χ4v) is 5.08. The molecule has 1 aliphatic rings. The fourth-order valence-electron chi connectivity index (χ4n) is 2.23. The molecule has 116 valence electrons. The van der Waals surface area contributed by atoms with Crippen LogP contribution in [0.15, 0.2) is 48.5 Å². The molecule has 2 aromatic rings. The first kappa shape index (κ1) is 15.6. The van der Waals surface area contributed by atoms with Crippen molar-refractivity contribution in [1.82, 2.24) is 0 Å². The van der Waals surface area contributed by atoms with Crippen molar-refractivity contribution in [2.24, 2.45) is 0 Å². The van der Waals surface area contributed by atoms with Crippen LogP contribution in [0.3, 0.4) is 0 Å². The van der Waals surface area contributed by atoms with Gasteiger partial charge < -0.3 is 9.47 Å². The van der Waals surface area contributed by atoms with Gasteiger partial charge in [-0.2, -0.15) is 0 Å². The summed E-state index contributed by atoms with van der Waals surface area (Å²) in [5.41, 5.74) is 2.62. The minimum absolute atomic E-state index is 0.555. The second-order valence-electron chi connectivity index (χ2n) is 5.15. The summed E-state index contributed by atoms with van der Waals surface area (Å²) in [6, 6.07) is 16.5. The third kappa shape index (κ3) is 4.37. The van der Waals surface area contributed by atoms with Crippen LogP contribution < -0.4 is 9.47 Å². The summed E-state index contributed by atoms with van der Waals surface area (Å²) in [6.07, 6.45) is 0. The monoisotopic (exact) mass is 332 g/mol. The number of benzene rings is 2. The van der Waals surface area contributed by atoms with Gasteiger partial charge in [-0.05, 0) is 36.8 Å². The van der Waals surface area contributed by atoms with E-state index >= 15 is 0 Å². The Kier molecular flexibility index (Phi) is 5.57. The maximum Gasteiger partial charge on any atom is 0.122 e. The van der Waals surface area contributed by atoms with Gasteiger partial charge in [-0.3, -0.25) is 0 Å². The molecule has 4 heteroatoms. The van der Waals surface area contributed by atoms with E-state index in [1.54, 1.807) is 0 Å². The predicted molar refractivity (Wildman–Crippen MR) is 96.3 cm³/mol. The SMILES string of the molecule is Cc1ccc(OCCOc2ccc(C3SCCS3)cc2)cc1. The van der Waals surface area contributed by atoms with Gasteiger partial charge >= 0.3 is 0 Å². The molecule has 0 spiro atoms. The highest BCUT2D eigenvalue weighted by Crippen LogP contribution is 2.45. The Labute approximate surface area is 140 Å². The Balaban J connectivity index is 1.42. The van der Waals surface area contributed by atoms with Gasteiger partial charge in [0.1, 0.15) is 24.7 Å². The van der Waals surface area contributed by atoms with Crippen molar-refractivity contribution in [3.8, 4) is 11.5 Å². The summed E-state index contributed by atoms with van der Waals surface area (Å²) < 4.78 is 12.0. The Bertz CT molecular complexity index is 575. The first-order chi connectivity index (χ1) is 10.8. The summed E-state index contributed by atoms with van der Waals surface area (Å²) in [6.45, 7) is 3.18. The zero-order valence-corrected chi connectivity index (χ0v) is 14.3. The van der Waals surface area contributed by atoms with E-state index in [2.05, 4.69) is 31.2 Å². The average Bonchev–Trinajstić information content (AvgIpc) is 3.08. The van der Waals surface area contributed by atoms with E-state index in [-0.39, 0.29) is 0 Å². The Morgan fingerprint density at radius 3 is 1.86 bits per heavy atom. The molecule has 1 aliphatic heterocycles. The summed E-state index contributed by atoms with van der Waals surface area (Å²) in [4.78, 5) is 0. The lowest BCUT2D eigenvalue weighted by molar-refractivity contribution is 0.217. The number of ether oxygens (including phenoxy) is 2. The van der Waals surface area contributed by atoms with Gasteiger partial charge in [-0.25, -0.2) is 0 Å². The maximum absolute atomic E-state index is 5.73. The molecule has 0 unspecified atom stereocenters. The average molecular weight is 332 g/mol. The second-order valence-corrected chi connectivity index (χ2v) is 7.88. The highest BCUT2D eigenvalue weighted by atomic mass is 32.2. The Hall–Kier alpha value is -1.26. The van der Waals surface area contributed by atoms with E-state index in [0.29, 0.717) is 17.8 Å². The molecule has 2 nitrogen and oxygen atoms in total. The van der Waals surface area contributed by atoms with Crippen LogP contribution in [0.4, 0.5) is 0 Å². The number of hydrogen-bond donors (Lipinski definition) is 0. The van der Waals surface area contributed by atoms with Crippen LogP contribution >= 0.6 is 23.5 Å². The zero-order chi connectivity index (χ0) is 15.2. The molecule has 1 fully saturated rings. The van der Waals surface area contributed by atoms with Gasteiger partial charge in [0.25, 0.3) is 0 Å². The van der Waals surface area contributed by atoms with Gasteiger partial charge in [0.05, 0.1) is 4.58 Å². The second kappa shape index (κ2) is 7.84. The van der Waals surface area contributed by atoms with Crippen molar-refractivity contribution in [3.63, 3.8) is 0 Å². The van der Waals surface area contributed by atoms with Crippen LogP contribution in [0.5, 0.6) is 11.5 Å². The van der Waals surface area contributed by atoms with Crippen molar-refractivity contribution in [2.45, 2.75) is 11.5 Å². The van der Waals surface area contributed by atoms with Crippen molar-refractivity contribution >= 4 is 23.5 Å². The lowest BCUT2D eigenvalue weighted by Crippen LogP contribution is -2.08. The number of hydrogen-bond acceptors (Lipinski definition) is 4. The van der Waals surface area contributed by atoms with Crippen LogP contribution in [-0.4, -0.2) is 24.7 Å². The first-order valence-electron chi connectivity index (χ1n) is 7.47. The van der Waals surface area contributed by atoms with Crippen LogP contribution in [0.25, 0.3) is 0 Å². The smallest absolute Gasteiger partial charge is 0.122 e. The molecular formula is C18H20O2S2. The predicted octanol–water partition coefficient (Wildman–Crippen LogP) is 4.93. The van der Waals surface area contributed by atoms with Crippen molar-refractivity contribution in [3.05, 3.63) is 59.7 Å². The summed E-state index contributed by atoms with van der Waals surface area (Å²) in [5.74, 6) is 4.30. The largest absolute Gasteiger partial charge is 0.490 e. The summed E-state index contributed by atoms with van der Waals surface area (Å²) in [5, 5.41) is 0. The molecule has 0 bridgehead atoms. The van der Waals surface area contributed by atoms with Gasteiger partial charge in [0, 0.05) is 11.5 Å². The molecule has 2 aromatic carbocycles. The number of rotatable bonds is 6. The van der Waals surface area contributed by atoms with E-state index in [9.17, 15) is 0 Å². The zero-order valence-electron chi connectivity index (χ0n) is 12.7. The first-order valence-corrected chi connectivity index (χ1v) is 9.56. The van der Waals surface area contributed by atoms with Gasteiger partial charge in [0.15, 0.2) is 0 Å². The van der Waals surface area contributed by atoms with Crippen molar-refractivity contribution < 1.29 is 9.47 Å². The Morgan fingerprint density at radius 1 is 0.818 bits per heavy atom. The molecule has 0 saturated carbocycles. The molecular weight excluding hydrogens is 312 g/mol. The molecule has 1 heterocycles. The molecule has 0 atom stereocenters. The molecule has 1 saturated heterocycles.